The maximum atomic E-state index is 10.0. The quantitative estimate of drug-likeness (QED) is 0.884. The third kappa shape index (κ3) is 2.29. The highest BCUT2D eigenvalue weighted by Gasteiger charge is 2.13. The van der Waals surface area contributed by atoms with E-state index in [1.807, 2.05) is 24.3 Å². The van der Waals surface area contributed by atoms with Crippen LogP contribution >= 0.6 is 11.6 Å². The highest BCUT2D eigenvalue weighted by Crippen LogP contribution is 2.25. The highest BCUT2D eigenvalue weighted by molar-refractivity contribution is 6.28. The summed E-state index contributed by atoms with van der Waals surface area (Å²) in [6.07, 6.45) is 0.238. The number of aryl methyl sites for hydroxylation is 1. The lowest BCUT2D eigenvalue weighted by atomic mass is 10.0. The van der Waals surface area contributed by atoms with E-state index >= 15 is 0 Å². The van der Waals surface area contributed by atoms with Crippen molar-refractivity contribution < 1.29 is 9.52 Å². The van der Waals surface area contributed by atoms with Gasteiger partial charge in [0.05, 0.1) is 0 Å². The average Bonchev–Trinajstić information content (AvgIpc) is 2.75. The normalized spacial score (nSPS) is 12.7. The minimum Gasteiger partial charge on any atom is -0.447 e. The van der Waals surface area contributed by atoms with E-state index in [4.69, 9.17) is 16.0 Å². The largest absolute Gasteiger partial charge is 0.447 e. The Morgan fingerprint density at radius 3 is 2.38 bits per heavy atom. The summed E-state index contributed by atoms with van der Waals surface area (Å²) in [5, 5.41) is 10.3. The van der Waals surface area contributed by atoms with Crippen LogP contribution in [-0.4, -0.2) is 5.11 Å². The Kier molecular flexibility index (Phi) is 3.32. The summed E-state index contributed by atoms with van der Waals surface area (Å²) >= 11 is 5.66. The van der Waals surface area contributed by atoms with Crippen molar-refractivity contribution in [1.29, 1.82) is 0 Å². The van der Waals surface area contributed by atoms with Gasteiger partial charge in [0.15, 0.2) is 5.22 Å². The number of halogens is 1. The molecule has 0 aliphatic heterocycles. The summed E-state index contributed by atoms with van der Waals surface area (Å²) in [5.41, 5.74) is 2.05. The van der Waals surface area contributed by atoms with Gasteiger partial charge in [-0.15, -0.1) is 0 Å². The zero-order valence-corrected chi connectivity index (χ0v) is 9.74. The summed E-state index contributed by atoms with van der Waals surface area (Å²) < 4.78 is 5.17. The number of aliphatic hydroxyl groups is 1. The van der Waals surface area contributed by atoms with Gasteiger partial charge < -0.3 is 9.52 Å². The molecule has 0 saturated heterocycles. The topological polar surface area (TPSA) is 33.4 Å². The van der Waals surface area contributed by atoms with Gasteiger partial charge in [-0.1, -0.05) is 31.2 Å². The van der Waals surface area contributed by atoms with Gasteiger partial charge in [-0.25, -0.2) is 0 Å². The second-order valence-electron chi connectivity index (χ2n) is 3.64. The van der Waals surface area contributed by atoms with E-state index in [0.29, 0.717) is 11.0 Å². The molecule has 0 amide bonds. The summed E-state index contributed by atoms with van der Waals surface area (Å²) in [5.74, 6) is 0.467. The number of hydrogen-bond donors (Lipinski definition) is 1. The number of benzene rings is 1. The molecule has 2 rings (SSSR count). The molecular weight excluding hydrogens is 224 g/mol. The number of hydrogen-bond acceptors (Lipinski definition) is 2. The first-order valence-corrected chi connectivity index (χ1v) is 5.60. The fourth-order valence-electron chi connectivity index (χ4n) is 1.58. The molecule has 0 fully saturated rings. The first-order chi connectivity index (χ1) is 7.70. The van der Waals surface area contributed by atoms with Crippen LogP contribution in [0.25, 0.3) is 0 Å². The SMILES string of the molecule is CCc1ccc(C(O)c2ccc(Cl)o2)cc1. The Morgan fingerprint density at radius 1 is 1.19 bits per heavy atom. The molecule has 0 aliphatic carbocycles. The molecule has 0 aliphatic rings. The van der Waals surface area contributed by atoms with Crippen LogP contribution in [0.3, 0.4) is 0 Å². The average molecular weight is 237 g/mol. The summed E-state index contributed by atoms with van der Waals surface area (Å²) in [6.45, 7) is 2.09. The van der Waals surface area contributed by atoms with Gasteiger partial charge in [0.1, 0.15) is 11.9 Å². The maximum absolute atomic E-state index is 10.0. The summed E-state index contributed by atoms with van der Waals surface area (Å²) in [7, 11) is 0. The van der Waals surface area contributed by atoms with Gasteiger partial charge in [0, 0.05) is 0 Å². The first-order valence-electron chi connectivity index (χ1n) is 5.23. The molecule has 2 nitrogen and oxygen atoms in total. The Labute approximate surface area is 99.5 Å². The van der Waals surface area contributed by atoms with E-state index in [1.165, 1.54) is 5.56 Å². The second-order valence-corrected chi connectivity index (χ2v) is 4.01. The van der Waals surface area contributed by atoms with Crippen molar-refractivity contribution in [1.82, 2.24) is 0 Å². The third-order valence-electron chi connectivity index (χ3n) is 2.57. The fourth-order valence-corrected chi connectivity index (χ4v) is 1.73. The fraction of sp³-hybridized carbons (Fsp3) is 0.231. The molecule has 16 heavy (non-hydrogen) atoms. The molecule has 1 aromatic heterocycles. The van der Waals surface area contributed by atoms with E-state index < -0.39 is 6.10 Å². The van der Waals surface area contributed by atoms with Crippen LogP contribution in [0.5, 0.6) is 0 Å². The van der Waals surface area contributed by atoms with Gasteiger partial charge >= 0.3 is 0 Å². The van der Waals surface area contributed by atoms with Crippen LogP contribution in [-0.2, 0) is 6.42 Å². The van der Waals surface area contributed by atoms with Crippen molar-refractivity contribution in [2.45, 2.75) is 19.4 Å². The van der Waals surface area contributed by atoms with E-state index in [9.17, 15) is 5.11 Å². The third-order valence-corrected chi connectivity index (χ3v) is 2.77. The summed E-state index contributed by atoms with van der Waals surface area (Å²) in [4.78, 5) is 0. The van der Waals surface area contributed by atoms with Crippen LogP contribution in [0, 0.1) is 0 Å². The Bertz CT molecular complexity index is 459. The molecule has 0 saturated carbocycles. The molecule has 84 valence electrons. The lowest BCUT2D eigenvalue weighted by Gasteiger charge is -2.08. The monoisotopic (exact) mass is 236 g/mol. The van der Waals surface area contributed by atoms with Crippen LogP contribution in [0.1, 0.15) is 29.9 Å². The predicted molar refractivity (Wildman–Crippen MR) is 63.6 cm³/mol. The van der Waals surface area contributed by atoms with Gasteiger partial charge in [0.25, 0.3) is 0 Å². The van der Waals surface area contributed by atoms with E-state index in [0.717, 1.165) is 12.0 Å². The molecule has 1 heterocycles. The molecule has 0 spiro atoms. The van der Waals surface area contributed by atoms with Crippen molar-refractivity contribution in [3.05, 3.63) is 58.5 Å². The Morgan fingerprint density at radius 2 is 1.88 bits per heavy atom. The minimum absolute atomic E-state index is 0.291. The maximum Gasteiger partial charge on any atom is 0.193 e. The molecule has 0 radical (unpaired) electrons. The van der Waals surface area contributed by atoms with Crippen LogP contribution in [0.4, 0.5) is 0 Å². The van der Waals surface area contributed by atoms with Crippen LogP contribution in [0.2, 0.25) is 5.22 Å². The molecule has 1 N–H and O–H groups in total. The van der Waals surface area contributed by atoms with Crippen molar-refractivity contribution in [2.24, 2.45) is 0 Å². The Balaban J connectivity index is 2.23. The minimum atomic E-state index is -0.751. The second kappa shape index (κ2) is 4.73. The van der Waals surface area contributed by atoms with Crippen molar-refractivity contribution in [3.63, 3.8) is 0 Å². The molecule has 2 aromatic rings. The molecular formula is C13H13ClO2. The highest BCUT2D eigenvalue weighted by atomic mass is 35.5. The standard InChI is InChI=1S/C13H13ClO2/c1-2-9-3-5-10(6-4-9)13(15)11-7-8-12(14)16-11/h3-8,13,15H,2H2,1H3. The van der Waals surface area contributed by atoms with Gasteiger partial charge in [0.2, 0.25) is 0 Å². The van der Waals surface area contributed by atoms with Crippen LogP contribution < -0.4 is 0 Å². The van der Waals surface area contributed by atoms with E-state index in [2.05, 4.69) is 6.92 Å². The van der Waals surface area contributed by atoms with E-state index in [1.54, 1.807) is 12.1 Å². The van der Waals surface area contributed by atoms with Gasteiger partial charge in [-0.3, -0.25) is 0 Å². The van der Waals surface area contributed by atoms with Crippen molar-refractivity contribution in [2.75, 3.05) is 0 Å². The molecule has 0 bridgehead atoms. The summed E-state index contributed by atoms with van der Waals surface area (Å²) in [6, 6.07) is 11.1. The first kappa shape index (κ1) is 11.2. The number of furan rings is 1. The zero-order valence-electron chi connectivity index (χ0n) is 8.98. The molecule has 1 aromatic carbocycles. The predicted octanol–water partition coefficient (Wildman–Crippen LogP) is 3.58. The van der Waals surface area contributed by atoms with Crippen molar-refractivity contribution >= 4 is 11.6 Å². The zero-order chi connectivity index (χ0) is 11.5. The lowest BCUT2D eigenvalue weighted by Crippen LogP contribution is -1.97. The smallest absolute Gasteiger partial charge is 0.193 e. The number of aliphatic hydroxyl groups excluding tert-OH is 1. The molecule has 1 unspecified atom stereocenters. The Hall–Kier alpha value is -1.25. The van der Waals surface area contributed by atoms with Gasteiger partial charge in [-0.2, -0.15) is 0 Å². The molecule has 1 atom stereocenters. The van der Waals surface area contributed by atoms with Crippen LogP contribution in [0.15, 0.2) is 40.8 Å². The van der Waals surface area contributed by atoms with Gasteiger partial charge in [-0.05, 0) is 41.3 Å². The molecule has 3 heteroatoms. The van der Waals surface area contributed by atoms with E-state index in [-0.39, 0.29) is 0 Å². The number of rotatable bonds is 3. The van der Waals surface area contributed by atoms with Crippen molar-refractivity contribution in [3.8, 4) is 0 Å². The lowest BCUT2D eigenvalue weighted by molar-refractivity contribution is 0.189.